The Morgan fingerprint density at radius 3 is 2.82 bits per heavy atom. The highest BCUT2D eigenvalue weighted by atomic mass is 32.2. The standard InChI is InChI=1S/C12H14N2OS2/c1-8-3-4-10(13)5-11(8)17(15)7-12-14-9(2)6-16-12/h3-6H,7,13H2,1-2H3. The van der Waals surface area contributed by atoms with Gasteiger partial charge in [0.15, 0.2) is 0 Å². The fraction of sp³-hybridized carbons (Fsp3) is 0.250. The molecule has 0 radical (unpaired) electrons. The van der Waals surface area contributed by atoms with E-state index in [0.29, 0.717) is 11.4 Å². The third-order valence-electron chi connectivity index (χ3n) is 2.38. The lowest BCUT2D eigenvalue weighted by molar-refractivity contribution is 0.682. The van der Waals surface area contributed by atoms with Crippen LogP contribution in [0.3, 0.4) is 0 Å². The molecule has 1 unspecified atom stereocenters. The third kappa shape index (κ3) is 2.92. The number of anilines is 1. The number of aromatic nitrogens is 1. The van der Waals surface area contributed by atoms with Crippen LogP contribution in [0, 0.1) is 13.8 Å². The van der Waals surface area contributed by atoms with E-state index in [9.17, 15) is 4.21 Å². The first-order chi connectivity index (χ1) is 8.06. The maximum atomic E-state index is 12.2. The van der Waals surface area contributed by atoms with Crippen LogP contribution in [0.5, 0.6) is 0 Å². The van der Waals surface area contributed by atoms with E-state index in [1.807, 2.05) is 31.4 Å². The summed E-state index contributed by atoms with van der Waals surface area (Å²) in [6.45, 7) is 3.88. The summed E-state index contributed by atoms with van der Waals surface area (Å²) >= 11 is 1.55. The zero-order valence-electron chi connectivity index (χ0n) is 9.77. The Balaban J connectivity index is 2.22. The predicted molar refractivity (Wildman–Crippen MR) is 72.6 cm³/mol. The van der Waals surface area contributed by atoms with Crippen LogP contribution in [0.2, 0.25) is 0 Å². The van der Waals surface area contributed by atoms with Gasteiger partial charge in [0.2, 0.25) is 0 Å². The third-order valence-corrected chi connectivity index (χ3v) is 4.99. The smallest absolute Gasteiger partial charge is 0.106 e. The zero-order chi connectivity index (χ0) is 12.4. The Labute approximate surface area is 107 Å². The average molecular weight is 266 g/mol. The van der Waals surface area contributed by atoms with Gasteiger partial charge in [-0.05, 0) is 31.5 Å². The van der Waals surface area contributed by atoms with E-state index in [1.54, 1.807) is 17.4 Å². The van der Waals surface area contributed by atoms with Crippen LogP contribution in [0.4, 0.5) is 5.69 Å². The summed E-state index contributed by atoms with van der Waals surface area (Å²) in [4.78, 5) is 5.13. The molecule has 2 N–H and O–H groups in total. The summed E-state index contributed by atoms with van der Waals surface area (Å²) in [5.74, 6) is 0.461. The summed E-state index contributed by atoms with van der Waals surface area (Å²) in [6.07, 6.45) is 0. The fourth-order valence-corrected chi connectivity index (χ4v) is 3.81. The van der Waals surface area contributed by atoms with Gasteiger partial charge in [-0.2, -0.15) is 0 Å². The van der Waals surface area contributed by atoms with Gasteiger partial charge in [-0.1, -0.05) is 6.07 Å². The quantitative estimate of drug-likeness (QED) is 0.869. The molecule has 17 heavy (non-hydrogen) atoms. The zero-order valence-corrected chi connectivity index (χ0v) is 11.4. The van der Waals surface area contributed by atoms with Crippen molar-refractivity contribution in [2.75, 3.05) is 5.73 Å². The fourth-order valence-electron chi connectivity index (χ4n) is 1.52. The summed E-state index contributed by atoms with van der Waals surface area (Å²) in [5, 5.41) is 2.88. The van der Waals surface area contributed by atoms with Crippen molar-refractivity contribution in [1.29, 1.82) is 0 Å². The Morgan fingerprint density at radius 1 is 1.41 bits per heavy atom. The number of nitrogens with zero attached hydrogens (tertiary/aromatic N) is 1. The van der Waals surface area contributed by atoms with Crippen molar-refractivity contribution in [2.24, 2.45) is 0 Å². The topological polar surface area (TPSA) is 56.0 Å². The van der Waals surface area contributed by atoms with Crippen molar-refractivity contribution >= 4 is 27.8 Å². The number of aryl methyl sites for hydroxylation is 2. The van der Waals surface area contributed by atoms with Gasteiger partial charge in [0.1, 0.15) is 5.01 Å². The van der Waals surface area contributed by atoms with Crippen LogP contribution in [-0.4, -0.2) is 9.19 Å². The number of thiazole rings is 1. The highest BCUT2D eigenvalue weighted by Gasteiger charge is 2.10. The second-order valence-electron chi connectivity index (χ2n) is 3.90. The second-order valence-corrected chi connectivity index (χ2v) is 6.26. The first-order valence-corrected chi connectivity index (χ1v) is 7.41. The molecule has 0 amide bonds. The number of nitrogens with two attached hydrogens (primary N) is 1. The van der Waals surface area contributed by atoms with Crippen LogP contribution in [0.1, 0.15) is 16.3 Å². The first-order valence-electron chi connectivity index (χ1n) is 5.22. The van der Waals surface area contributed by atoms with Crippen LogP contribution >= 0.6 is 11.3 Å². The highest BCUT2D eigenvalue weighted by Crippen LogP contribution is 2.20. The van der Waals surface area contributed by atoms with Gasteiger partial charge in [-0.3, -0.25) is 4.21 Å². The van der Waals surface area contributed by atoms with Gasteiger partial charge >= 0.3 is 0 Å². The van der Waals surface area contributed by atoms with Crippen LogP contribution in [0.15, 0.2) is 28.5 Å². The molecule has 5 heteroatoms. The molecular weight excluding hydrogens is 252 g/mol. The molecule has 2 aromatic rings. The Bertz CT molecular complexity index is 563. The molecule has 1 aromatic heterocycles. The molecule has 3 nitrogen and oxygen atoms in total. The summed E-state index contributed by atoms with van der Waals surface area (Å²) in [6, 6.07) is 5.51. The molecule has 0 saturated carbocycles. The minimum absolute atomic E-state index is 0.461. The van der Waals surface area contributed by atoms with Crippen LogP contribution < -0.4 is 5.73 Å². The molecular formula is C12H14N2OS2. The number of rotatable bonds is 3. The van der Waals surface area contributed by atoms with Crippen molar-refractivity contribution in [2.45, 2.75) is 24.5 Å². The minimum atomic E-state index is -1.07. The van der Waals surface area contributed by atoms with Gasteiger partial charge < -0.3 is 5.73 Å². The Morgan fingerprint density at radius 2 is 2.18 bits per heavy atom. The van der Waals surface area contributed by atoms with E-state index in [0.717, 1.165) is 21.2 Å². The summed E-state index contributed by atoms with van der Waals surface area (Å²) in [5.41, 5.74) is 8.35. The molecule has 0 fully saturated rings. The van der Waals surface area contributed by atoms with E-state index in [2.05, 4.69) is 4.98 Å². The molecule has 0 aliphatic carbocycles. The molecule has 2 rings (SSSR count). The van der Waals surface area contributed by atoms with Crippen LogP contribution in [-0.2, 0) is 16.6 Å². The minimum Gasteiger partial charge on any atom is -0.399 e. The molecule has 1 heterocycles. The molecule has 1 atom stereocenters. The number of hydrogen-bond acceptors (Lipinski definition) is 4. The van der Waals surface area contributed by atoms with E-state index in [-0.39, 0.29) is 0 Å². The van der Waals surface area contributed by atoms with Crippen molar-refractivity contribution in [3.8, 4) is 0 Å². The summed E-state index contributed by atoms with van der Waals surface area (Å²) < 4.78 is 12.2. The predicted octanol–water partition coefficient (Wildman–Crippen LogP) is 2.65. The highest BCUT2D eigenvalue weighted by molar-refractivity contribution is 7.84. The average Bonchev–Trinajstić information content (AvgIpc) is 2.67. The maximum Gasteiger partial charge on any atom is 0.106 e. The van der Waals surface area contributed by atoms with Gasteiger partial charge in [-0.25, -0.2) is 4.98 Å². The number of benzene rings is 1. The van der Waals surface area contributed by atoms with Crippen molar-refractivity contribution in [3.63, 3.8) is 0 Å². The van der Waals surface area contributed by atoms with Gasteiger partial charge in [0.25, 0.3) is 0 Å². The molecule has 90 valence electrons. The SMILES string of the molecule is Cc1csc(CS(=O)c2cc(N)ccc2C)n1. The monoisotopic (exact) mass is 266 g/mol. The van der Waals surface area contributed by atoms with Gasteiger partial charge in [0, 0.05) is 21.7 Å². The normalized spacial score (nSPS) is 12.6. The number of nitrogen functional groups attached to an aromatic ring is 1. The molecule has 0 saturated heterocycles. The van der Waals surface area contributed by atoms with E-state index in [1.165, 1.54) is 0 Å². The Kier molecular flexibility index (Phi) is 3.59. The molecule has 1 aromatic carbocycles. The number of hydrogen-bond donors (Lipinski definition) is 1. The van der Waals surface area contributed by atoms with E-state index < -0.39 is 10.8 Å². The molecule has 0 bridgehead atoms. The second kappa shape index (κ2) is 4.98. The van der Waals surface area contributed by atoms with E-state index in [4.69, 9.17) is 5.73 Å². The lowest BCUT2D eigenvalue weighted by atomic mass is 10.2. The molecule has 0 spiro atoms. The van der Waals surface area contributed by atoms with Crippen LogP contribution in [0.25, 0.3) is 0 Å². The lowest BCUT2D eigenvalue weighted by Gasteiger charge is -2.05. The molecule has 0 aliphatic rings. The Hall–Kier alpha value is -1.20. The summed E-state index contributed by atoms with van der Waals surface area (Å²) in [7, 11) is -1.07. The van der Waals surface area contributed by atoms with Gasteiger partial charge in [-0.15, -0.1) is 11.3 Å². The van der Waals surface area contributed by atoms with Gasteiger partial charge in [0.05, 0.1) is 16.6 Å². The lowest BCUT2D eigenvalue weighted by Crippen LogP contribution is -2.00. The first kappa shape index (κ1) is 12.3. The van der Waals surface area contributed by atoms with Crippen molar-refractivity contribution in [1.82, 2.24) is 4.98 Å². The van der Waals surface area contributed by atoms with Crippen molar-refractivity contribution < 1.29 is 4.21 Å². The maximum absolute atomic E-state index is 12.2. The largest absolute Gasteiger partial charge is 0.399 e. The molecule has 0 aliphatic heterocycles. The van der Waals surface area contributed by atoms with Crippen molar-refractivity contribution in [3.05, 3.63) is 39.8 Å². The van der Waals surface area contributed by atoms with E-state index >= 15 is 0 Å².